The van der Waals surface area contributed by atoms with Crippen molar-refractivity contribution in [1.29, 1.82) is 0 Å². The Morgan fingerprint density at radius 1 is 0.528 bits per heavy atom. The summed E-state index contributed by atoms with van der Waals surface area (Å²) in [4.78, 5) is 36.4. The van der Waals surface area contributed by atoms with E-state index in [1.165, 1.54) is 0 Å². The normalized spacial score (nSPS) is 15.8. The molecule has 4 aromatic rings. The minimum Gasteiger partial charge on any atom is -0.677 e. The zero-order chi connectivity index (χ0) is 48.9. The summed E-state index contributed by atoms with van der Waals surface area (Å²) in [5.41, 5.74) is 21.5. The number of carbonyl (C=O) groups is 1. The summed E-state index contributed by atoms with van der Waals surface area (Å²) in [6, 6.07) is 16.9. The van der Waals surface area contributed by atoms with Gasteiger partial charge in [-0.05, 0) is 101 Å². The van der Waals surface area contributed by atoms with Gasteiger partial charge in [-0.2, -0.15) is 19.6 Å². The number of aliphatic imine (C=N–C) groups is 3. The van der Waals surface area contributed by atoms with Gasteiger partial charge in [-0.25, -0.2) is 28.7 Å². The Morgan fingerprint density at radius 3 is 1.47 bits per heavy atom. The maximum absolute atomic E-state index is 12.6. The SMILES string of the molecule is C[n+]1ccc(C2=C3C=CC(=N3)C(=C3C=CN(CCCCC(=O)[N-]CCC[N-]CCCC[N-]CCC[NH-])C=C3)C3=NC(=C(c4cc[n+](C)cc4)c4ccc([n-]4)C(c4cc[n+](C)cc4)=C4C=CC2=N4)C=C3)cc1.[Mn+2]. The molecule has 0 spiro atoms. The van der Waals surface area contributed by atoms with Crippen molar-refractivity contribution in [2.24, 2.45) is 36.1 Å². The fraction of sp³-hybridized carbons (Fsp3) is 0.293. The first kappa shape index (κ1) is 51.4. The zero-order valence-electron chi connectivity index (χ0n) is 41.5. The first-order valence-electron chi connectivity index (χ1n) is 24.8. The second-order valence-corrected chi connectivity index (χ2v) is 18.2. The van der Waals surface area contributed by atoms with Gasteiger partial charge in [0, 0.05) is 66.5 Å². The van der Waals surface area contributed by atoms with E-state index in [9.17, 15) is 4.79 Å². The molecule has 8 bridgehead atoms. The van der Waals surface area contributed by atoms with Crippen LogP contribution in [0.1, 0.15) is 73.0 Å². The molecule has 0 fully saturated rings. The van der Waals surface area contributed by atoms with Crippen molar-refractivity contribution in [3.63, 3.8) is 0 Å². The number of aryl methyl sites for hydroxylation is 3. The van der Waals surface area contributed by atoms with Crippen molar-refractivity contribution in [2.45, 2.75) is 44.9 Å². The van der Waals surface area contributed by atoms with Gasteiger partial charge in [-0.3, -0.25) is 0 Å². The summed E-state index contributed by atoms with van der Waals surface area (Å²) in [7, 11) is 6.06. The van der Waals surface area contributed by atoms with Gasteiger partial charge in [0.25, 0.3) is 0 Å². The summed E-state index contributed by atoms with van der Waals surface area (Å²) in [6.45, 7) is 4.96. The maximum Gasteiger partial charge on any atom is 2.00 e. The van der Waals surface area contributed by atoms with Gasteiger partial charge in [0.2, 0.25) is 0 Å². The summed E-state index contributed by atoms with van der Waals surface area (Å²) >= 11 is 0. The molecule has 13 nitrogen and oxygen atoms in total. The Balaban J connectivity index is 0.00000693. The predicted molar refractivity (Wildman–Crippen MR) is 284 cm³/mol. The average Bonchev–Trinajstić information content (AvgIpc) is 4.24. The standard InChI is InChI=1S/C58H63N12O.Mn/c1-67-34-19-42(20-35-67)55-46-11-13-48(63-46)56(43-21-36-68(2)37-22-43)50-15-17-52(65-50)58(53-18-16-51(66-53)57(49-14-12-47(55)64-49)44-23-38-69(3)39-24-44)45-25-40-70(41-26-45)33-7-4-10-54(71)62-32-9-31-61-29-6-5-28-60-30-8-27-59;/h11-26,34-41,59H,4-10,27-33H2,1-3H3,(H-,62,63,64,65,66,71);/q-1;+2/p-1. The molecule has 1 amide bonds. The molecule has 0 atom stereocenters. The molecule has 9 rings (SSSR count). The van der Waals surface area contributed by atoms with Crippen LogP contribution in [0.2, 0.25) is 0 Å². The molecule has 0 saturated carbocycles. The van der Waals surface area contributed by atoms with E-state index in [1.54, 1.807) is 0 Å². The van der Waals surface area contributed by atoms with Crippen molar-refractivity contribution in [2.75, 3.05) is 45.8 Å². The monoisotopic (exact) mass is 997 g/mol. The van der Waals surface area contributed by atoms with E-state index < -0.39 is 0 Å². The van der Waals surface area contributed by atoms with E-state index >= 15 is 0 Å². The quantitative estimate of drug-likeness (QED) is 0.0494. The molecule has 0 saturated heterocycles. The summed E-state index contributed by atoms with van der Waals surface area (Å²) < 4.78 is 6.09. The van der Waals surface area contributed by atoms with Crippen LogP contribution in [-0.4, -0.2) is 73.8 Å². The van der Waals surface area contributed by atoms with Gasteiger partial charge in [-0.1, -0.05) is 37.8 Å². The van der Waals surface area contributed by atoms with E-state index in [-0.39, 0.29) is 23.0 Å². The Kier molecular flexibility index (Phi) is 17.8. The summed E-state index contributed by atoms with van der Waals surface area (Å²) in [6.07, 6.45) is 39.2. The van der Waals surface area contributed by atoms with E-state index in [0.717, 1.165) is 161 Å². The topological polar surface area (TPSA) is 149 Å². The molecule has 4 aromatic heterocycles. The second-order valence-electron chi connectivity index (χ2n) is 18.2. The Bertz CT molecular complexity index is 2980. The van der Waals surface area contributed by atoms with Crippen molar-refractivity contribution in [3.8, 4) is 0 Å². The van der Waals surface area contributed by atoms with Gasteiger partial charge >= 0.3 is 17.1 Å². The van der Waals surface area contributed by atoms with Crippen LogP contribution >= 0.6 is 0 Å². The Labute approximate surface area is 434 Å². The van der Waals surface area contributed by atoms with Crippen molar-refractivity contribution >= 4 is 39.8 Å². The van der Waals surface area contributed by atoms with Crippen LogP contribution in [-0.2, 0) is 43.0 Å². The molecule has 0 aromatic carbocycles. The minimum atomic E-state index is -0.0312. The van der Waals surface area contributed by atoms with Crippen LogP contribution in [0, 0.1) is 0 Å². The number of allylic oxidation sites excluding steroid dienone is 11. The molecule has 1 radical (unpaired) electrons. The average molecular weight is 998 g/mol. The number of nitrogens with one attached hydrogen (secondary N) is 1. The minimum absolute atomic E-state index is 0. The Hall–Kier alpha value is -6.93. The number of unbranched alkanes of at least 4 members (excludes halogenated alkanes) is 2. The number of hydrogen-bond donors (Lipinski definition) is 0. The molecule has 0 aliphatic carbocycles. The number of carbonyl (C=O) groups excluding carboxylic acids is 1. The van der Waals surface area contributed by atoms with Crippen LogP contribution < -0.4 is 18.7 Å². The molecule has 72 heavy (non-hydrogen) atoms. The summed E-state index contributed by atoms with van der Waals surface area (Å²) in [5, 5.41) is 13.3. The smallest absolute Gasteiger partial charge is 0.677 e. The van der Waals surface area contributed by atoms with Crippen molar-refractivity contribution in [1.82, 2.24) is 9.88 Å². The number of pyridine rings is 3. The molecule has 0 unspecified atom stereocenters. The van der Waals surface area contributed by atoms with Gasteiger partial charge in [0.15, 0.2) is 37.2 Å². The second kappa shape index (κ2) is 24.9. The number of fused-ring (bicyclic) bond motifs is 5. The van der Waals surface area contributed by atoms with Crippen LogP contribution in [0.25, 0.3) is 38.4 Å². The molecule has 367 valence electrons. The zero-order valence-corrected chi connectivity index (χ0v) is 42.6. The Morgan fingerprint density at radius 2 is 0.972 bits per heavy atom. The number of aromatic nitrogens is 4. The molecule has 9 heterocycles. The number of rotatable bonds is 20. The third kappa shape index (κ3) is 12.7. The van der Waals surface area contributed by atoms with E-state index in [1.807, 2.05) is 34.8 Å². The number of hydrogen-bond acceptors (Lipinski definition) is 5. The van der Waals surface area contributed by atoms with E-state index in [0.29, 0.717) is 19.5 Å². The van der Waals surface area contributed by atoms with Crippen molar-refractivity contribution < 1.29 is 35.6 Å². The fourth-order valence-electron chi connectivity index (χ4n) is 8.94. The third-order valence-corrected chi connectivity index (χ3v) is 12.8. The molecule has 5 aliphatic heterocycles. The van der Waals surface area contributed by atoms with E-state index in [2.05, 4.69) is 168 Å². The van der Waals surface area contributed by atoms with Crippen LogP contribution in [0.15, 0.2) is 190 Å². The van der Waals surface area contributed by atoms with Gasteiger partial charge < -0.3 is 36.4 Å². The predicted octanol–water partition coefficient (Wildman–Crippen LogP) is 9.16. The van der Waals surface area contributed by atoms with Crippen LogP contribution in [0.4, 0.5) is 0 Å². The molecule has 14 heteroatoms. The molecule has 1 N–H and O–H groups in total. The first-order chi connectivity index (χ1) is 34.8. The van der Waals surface area contributed by atoms with Gasteiger partial charge in [-0.15, -0.1) is 31.0 Å². The van der Waals surface area contributed by atoms with Crippen LogP contribution in [0.5, 0.6) is 0 Å². The number of nitrogens with zero attached hydrogens (tertiary/aromatic N) is 11. The fourth-order valence-corrected chi connectivity index (χ4v) is 8.94. The maximum atomic E-state index is 12.6. The largest absolute Gasteiger partial charge is 2.00 e. The number of amides is 1. The first-order valence-corrected chi connectivity index (χ1v) is 24.8. The molecule has 5 aliphatic rings. The van der Waals surface area contributed by atoms with Gasteiger partial charge in [0.05, 0.1) is 40.1 Å². The molecular weight excluding hydrogens is 936 g/mol. The van der Waals surface area contributed by atoms with Gasteiger partial charge in [0.1, 0.15) is 21.1 Å². The van der Waals surface area contributed by atoms with E-state index in [4.69, 9.17) is 25.7 Å². The van der Waals surface area contributed by atoms with Crippen molar-refractivity contribution in [3.05, 3.63) is 225 Å². The third-order valence-electron chi connectivity index (χ3n) is 12.8. The summed E-state index contributed by atoms with van der Waals surface area (Å²) in [5.74, 6) is -0.0312. The molecular formula is C58H62MnN12O. The van der Waals surface area contributed by atoms with Crippen LogP contribution in [0.3, 0.4) is 0 Å².